The molecule has 0 spiro atoms. The second kappa shape index (κ2) is 5.35. The molecule has 2 aliphatic heterocycles. The van der Waals surface area contributed by atoms with E-state index in [4.69, 9.17) is 5.11 Å². The van der Waals surface area contributed by atoms with Crippen molar-refractivity contribution in [2.45, 2.75) is 37.3 Å². The maximum atomic E-state index is 12.5. The number of hydrogen-bond acceptors (Lipinski definition) is 4. The summed E-state index contributed by atoms with van der Waals surface area (Å²) in [5.41, 5.74) is 1.40. The highest BCUT2D eigenvalue weighted by Crippen LogP contribution is 2.47. The Morgan fingerprint density at radius 1 is 1.57 bits per heavy atom. The van der Waals surface area contributed by atoms with Crippen LogP contribution < -0.4 is 5.32 Å². The van der Waals surface area contributed by atoms with E-state index in [0.717, 1.165) is 12.0 Å². The summed E-state index contributed by atoms with van der Waals surface area (Å²) in [4.78, 5) is 26.0. The molecule has 112 valence electrons. The first-order valence-corrected chi connectivity index (χ1v) is 7.99. The van der Waals surface area contributed by atoms with Crippen molar-refractivity contribution in [2.75, 3.05) is 11.1 Å². The minimum Gasteiger partial charge on any atom is -0.392 e. The molecule has 2 heterocycles. The number of hydrogen-bond donors (Lipinski definition) is 2. The van der Waals surface area contributed by atoms with Gasteiger partial charge < -0.3 is 15.3 Å². The molecule has 0 bridgehead atoms. The third-order valence-corrected chi connectivity index (χ3v) is 5.63. The predicted octanol–water partition coefficient (Wildman–Crippen LogP) is 1.57. The molecule has 2 amide bonds. The van der Waals surface area contributed by atoms with Gasteiger partial charge in [0.25, 0.3) is 0 Å². The zero-order valence-electron chi connectivity index (χ0n) is 11.8. The lowest BCUT2D eigenvalue weighted by Gasteiger charge is -2.29. The molecule has 1 aromatic carbocycles. The molecule has 2 unspecified atom stereocenters. The molecule has 3 rings (SSSR count). The Hall–Kier alpha value is -1.53. The van der Waals surface area contributed by atoms with Crippen LogP contribution in [0.25, 0.3) is 0 Å². The highest BCUT2D eigenvalue weighted by Gasteiger charge is 2.52. The number of nitrogens with zero attached hydrogens (tertiary/aromatic N) is 1. The van der Waals surface area contributed by atoms with Crippen LogP contribution in [0.3, 0.4) is 0 Å². The van der Waals surface area contributed by atoms with E-state index in [1.165, 1.54) is 0 Å². The Bertz CT molecular complexity index is 592. The molecule has 2 saturated heterocycles. The number of rotatable bonds is 3. The molecule has 0 saturated carbocycles. The molecule has 1 aromatic rings. The zero-order valence-corrected chi connectivity index (χ0v) is 12.7. The molecule has 6 heteroatoms. The lowest BCUT2D eigenvalue weighted by molar-refractivity contribution is -0.135. The normalized spacial score (nSPS) is 27.8. The van der Waals surface area contributed by atoms with Gasteiger partial charge in [-0.2, -0.15) is 0 Å². The number of carbonyl (C=O) groups excluding carboxylic acids is 2. The highest BCUT2D eigenvalue weighted by molar-refractivity contribution is 8.01. The molecule has 0 radical (unpaired) electrons. The first-order valence-electron chi connectivity index (χ1n) is 7.00. The number of carbonyl (C=O) groups is 2. The van der Waals surface area contributed by atoms with Gasteiger partial charge in [-0.25, -0.2) is 0 Å². The molecule has 2 fully saturated rings. The van der Waals surface area contributed by atoms with Gasteiger partial charge in [0.1, 0.15) is 6.04 Å². The molecule has 0 aromatic heterocycles. The van der Waals surface area contributed by atoms with Gasteiger partial charge in [0.05, 0.1) is 11.5 Å². The number of benzene rings is 1. The molecular formula is C15H18N2O3S. The van der Waals surface area contributed by atoms with Crippen LogP contribution in [0, 0.1) is 0 Å². The molecule has 2 aliphatic rings. The van der Waals surface area contributed by atoms with Gasteiger partial charge in [-0.1, -0.05) is 12.1 Å². The minimum atomic E-state index is -0.409. The number of aliphatic hydroxyl groups excluding tert-OH is 1. The summed E-state index contributed by atoms with van der Waals surface area (Å²) in [7, 11) is 0. The van der Waals surface area contributed by atoms with Crippen LogP contribution in [0.15, 0.2) is 24.3 Å². The second-order valence-corrected chi connectivity index (χ2v) is 7.11. The van der Waals surface area contributed by atoms with E-state index < -0.39 is 6.04 Å². The number of amides is 2. The Labute approximate surface area is 127 Å². The van der Waals surface area contributed by atoms with Crippen LogP contribution in [-0.4, -0.2) is 38.5 Å². The largest absolute Gasteiger partial charge is 0.392 e. The maximum absolute atomic E-state index is 12.5. The van der Waals surface area contributed by atoms with E-state index in [0.29, 0.717) is 17.9 Å². The fourth-order valence-electron chi connectivity index (χ4n) is 2.99. The third kappa shape index (κ3) is 2.53. The molecule has 21 heavy (non-hydrogen) atoms. The number of anilines is 1. The van der Waals surface area contributed by atoms with Gasteiger partial charge in [0, 0.05) is 17.9 Å². The molecule has 5 nitrogen and oxygen atoms in total. The molecule has 2 atom stereocenters. The SMILES string of the molecule is CC12CCC(=O)N1C(C(=O)Nc1cccc(CO)c1)CS2. The summed E-state index contributed by atoms with van der Waals surface area (Å²) in [5.74, 6) is 0.539. The van der Waals surface area contributed by atoms with Gasteiger partial charge in [-0.05, 0) is 31.0 Å². The van der Waals surface area contributed by atoms with Crippen molar-refractivity contribution in [1.29, 1.82) is 0 Å². The van der Waals surface area contributed by atoms with Crippen molar-refractivity contribution >= 4 is 29.3 Å². The average Bonchev–Trinajstić information content (AvgIpc) is 2.96. The summed E-state index contributed by atoms with van der Waals surface area (Å²) in [6.45, 7) is 1.97. The van der Waals surface area contributed by atoms with Gasteiger partial charge in [-0.3, -0.25) is 9.59 Å². The Balaban J connectivity index is 1.75. The first kappa shape index (κ1) is 14.4. The fourth-order valence-corrected chi connectivity index (χ4v) is 4.42. The number of thioether (sulfide) groups is 1. The summed E-state index contributed by atoms with van der Waals surface area (Å²) >= 11 is 1.68. The number of fused-ring (bicyclic) bond motifs is 1. The maximum Gasteiger partial charge on any atom is 0.248 e. The Kier molecular flexibility index (Phi) is 3.67. The fraction of sp³-hybridized carbons (Fsp3) is 0.467. The predicted molar refractivity (Wildman–Crippen MR) is 81.7 cm³/mol. The van der Waals surface area contributed by atoms with E-state index in [9.17, 15) is 9.59 Å². The lowest BCUT2D eigenvalue weighted by atomic mass is 10.2. The monoisotopic (exact) mass is 306 g/mol. The van der Waals surface area contributed by atoms with Gasteiger partial charge in [0.2, 0.25) is 11.8 Å². The van der Waals surface area contributed by atoms with Gasteiger partial charge >= 0.3 is 0 Å². The quantitative estimate of drug-likeness (QED) is 0.889. The van der Waals surface area contributed by atoms with Crippen molar-refractivity contribution < 1.29 is 14.7 Å². The standard InChI is InChI=1S/C15H18N2O3S/c1-15-6-5-13(19)17(15)12(9-21-15)14(20)16-11-4-2-3-10(7-11)8-18/h2-4,7,12,18H,5-6,8-9H2,1H3,(H,16,20). The van der Waals surface area contributed by atoms with E-state index in [-0.39, 0.29) is 23.3 Å². The second-order valence-electron chi connectivity index (χ2n) is 5.61. The minimum absolute atomic E-state index is 0.0618. The van der Waals surface area contributed by atoms with Crippen LogP contribution in [0.5, 0.6) is 0 Å². The smallest absolute Gasteiger partial charge is 0.248 e. The van der Waals surface area contributed by atoms with Crippen LogP contribution in [0.2, 0.25) is 0 Å². The van der Waals surface area contributed by atoms with E-state index in [2.05, 4.69) is 5.32 Å². The van der Waals surface area contributed by atoms with Crippen LogP contribution in [-0.2, 0) is 16.2 Å². The Morgan fingerprint density at radius 3 is 3.14 bits per heavy atom. The van der Waals surface area contributed by atoms with E-state index in [1.54, 1.807) is 40.9 Å². The van der Waals surface area contributed by atoms with E-state index in [1.807, 2.05) is 6.92 Å². The summed E-state index contributed by atoms with van der Waals surface area (Å²) in [6, 6.07) is 6.69. The molecular weight excluding hydrogens is 288 g/mol. The summed E-state index contributed by atoms with van der Waals surface area (Å²) < 4.78 is 0. The number of nitrogens with one attached hydrogen (secondary N) is 1. The third-order valence-electron chi connectivity index (χ3n) is 4.12. The summed E-state index contributed by atoms with van der Waals surface area (Å²) in [6.07, 6.45) is 1.33. The topological polar surface area (TPSA) is 69.6 Å². The highest BCUT2D eigenvalue weighted by atomic mass is 32.2. The molecule has 2 N–H and O–H groups in total. The number of aliphatic hydroxyl groups is 1. The van der Waals surface area contributed by atoms with Crippen LogP contribution in [0.4, 0.5) is 5.69 Å². The lowest BCUT2D eigenvalue weighted by Crippen LogP contribution is -2.48. The van der Waals surface area contributed by atoms with E-state index >= 15 is 0 Å². The van der Waals surface area contributed by atoms with Crippen LogP contribution >= 0.6 is 11.8 Å². The average molecular weight is 306 g/mol. The van der Waals surface area contributed by atoms with Crippen molar-refractivity contribution in [3.8, 4) is 0 Å². The molecule has 0 aliphatic carbocycles. The first-order chi connectivity index (χ1) is 10.0. The summed E-state index contributed by atoms with van der Waals surface area (Å²) in [5, 5.41) is 12.0. The van der Waals surface area contributed by atoms with Gasteiger partial charge in [-0.15, -0.1) is 11.8 Å². The Morgan fingerprint density at radius 2 is 2.38 bits per heavy atom. The van der Waals surface area contributed by atoms with Crippen molar-refractivity contribution in [1.82, 2.24) is 4.90 Å². The van der Waals surface area contributed by atoms with Gasteiger partial charge in [0.15, 0.2) is 0 Å². The van der Waals surface area contributed by atoms with Crippen molar-refractivity contribution in [3.63, 3.8) is 0 Å². The zero-order chi connectivity index (χ0) is 15.0. The van der Waals surface area contributed by atoms with Crippen molar-refractivity contribution in [2.24, 2.45) is 0 Å². The van der Waals surface area contributed by atoms with Crippen LogP contribution in [0.1, 0.15) is 25.3 Å². The van der Waals surface area contributed by atoms with Crippen molar-refractivity contribution in [3.05, 3.63) is 29.8 Å².